The van der Waals surface area contributed by atoms with E-state index in [2.05, 4.69) is 10.2 Å². The molecule has 4 nitrogen and oxygen atoms in total. The van der Waals surface area contributed by atoms with Crippen LogP contribution in [-0.4, -0.2) is 19.6 Å². The van der Waals surface area contributed by atoms with Crippen molar-refractivity contribution in [2.75, 3.05) is 0 Å². The van der Waals surface area contributed by atoms with E-state index >= 15 is 0 Å². The second kappa shape index (κ2) is 4.84. The van der Waals surface area contributed by atoms with Crippen LogP contribution >= 0.6 is 12.4 Å². The Morgan fingerprint density at radius 2 is 1.18 bits per heavy atom. The molecule has 0 amide bonds. The van der Waals surface area contributed by atoms with Crippen molar-refractivity contribution in [2.45, 2.75) is 0 Å². The van der Waals surface area contributed by atoms with Gasteiger partial charge in [0.2, 0.25) is 0 Å². The van der Waals surface area contributed by atoms with Gasteiger partial charge in [0.15, 0.2) is 0 Å². The maximum atomic E-state index is 4.23. The second-order valence-corrected chi connectivity index (χ2v) is 3.39. The van der Waals surface area contributed by atoms with Crippen LogP contribution in [0.1, 0.15) is 0 Å². The molecule has 0 N–H and O–H groups in total. The average Bonchev–Trinajstić information content (AvgIpc) is 3.03. The zero-order chi connectivity index (χ0) is 10.8. The Labute approximate surface area is 105 Å². The van der Waals surface area contributed by atoms with Gasteiger partial charge in [0.05, 0.1) is 11.4 Å². The first-order chi connectivity index (χ1) is 7.95. The predicted molar refractivity (Wildman–Crippen MR) is 67.9 cm³/mol. The largest absolute Gasteiger partial charge is 0.239 e. The number of benzene rings is 1. The molecule has 0 aliphatic rings. The Balaban J connectivity index is 0.00000108. The zero-order valence-electron chi connectivity index (χ0n) is 8.97. The summed E-state index contributed by atoms with van der Waals surface area (Å²) in [5, 5.41) is 8.47. The van der Waals surface area contributed by atoms with Crippen molar-refractivity contribution in [3.63, 3.8) is 0 Å². The minimum Gasteiger partial charge on any atom is -0.239 e. The highest BCUT2D eigenvalue weighted by molar-refractivity contribution is 5.85. The van der Waals surface area contributed by atoms with Crippen LogP contribution in [0.2, 0.25) is 0 Å². The molecule has 0 radical (unpaired) electrons. The van der Waals surface area contributed by atoms with Gasteiger partial charge in [0, 0.05) is 24.8 Å². The fraction of sp³-hybridized carbons (Fsp3) is 0. The van der Waals surface area contributed by atoms with Crippen LogP contribution in [-0.2, 0) is 0 Å². The molecule has 0 saturated carbocycles. The maximum absolute atomic E-state index is 4.23. The van der Waals surface area contributed by atoms with Crippen molar-refractivity contribution in [2.24, 2.45) is 0 Å². The lowest BCUT2D eigenvalue weighted by Crippen LogP contribution is -2.03. The van der Waals surface area contributed by atoms with Gasteiger partial charge in [-0.05, 0) is 24.3 Å². The van der Waals surface area contributed by atoms with Crippen LogP contribution in [0.15, 0.2) is 61.2 Å². The quantitative estimate of drug-likeness (QED) is 0.696. The molecule has 2 aromatic heterocycles. The smallest absolute Gasteiger partial charge is 0.0902 e. The Kier molecular flexibility index (Phi) is 3.25. The first kappa shape index (κ1) is 11.4. The normalized spacial score (nSPS) is 9.88. The highest BCUT2D eigenvalue weighted by Gasteiger charge is 2.05. The molecule has 0 spiro atoms. The van der Waals surface area contributed by atoms with Gasteiger partial charge in [-0.25, -0.2) is 9.36 Å². The van der Waals surface area contributed by atoms with Crippen LogP contribution < -0.4 is 0 Å². The van der Waals surface area contributed by atoms with Crippen molar-refractivity contribution in [3.8, 4) is 11.4 Å². The number of halogens is 1. The Bertz CT molecular complexity index is 519. The SMILES string of the molecule is Cl.c1ccc(-n2cccn2)c(-n2cccn2)c1. The molecule has 0 aliphatic carbocycles. The van der Waals surface area contributed by atoms with Gasteiger partial charge >= 0.3 is 0 Å². The second-order valence-electron chi connectivity index (χ2n) is 3.39. The number of rotatable bonds is 2. The summed E-state index contributed by atoms with van der Waals surface area (Å²) in [6.07, 6.45) is 7.37. The summed E-state index contributed by atoms with van der Waals surface area (Å²) >= 11 is 0. The Hall–Kier alpha value is -2.07. The Morgan fingerprint density at radius 1 is 0.706 bits per heavy atom. The third-order valence-electron chi connectivity index (χ3n) is 2.38. The topological polar surface area (TPSA) is 35.6 Å². The van der Waals surface area contributed by atoms with Gasteiger partial charge in [-0.15, -0.1) is 12.4 Å². The van der Waals surface area contributed by atoms with Gasteiger partial charge in [-0.3, -0.25) is 0 Å². The molecule has 0 bridgehead atoms. The highest BCUT2D eigenvalue weighted by atomic mass is 35.5. The fourth-order valence-corrected chi connectivity index (χ4v) is 1.67. The molecule has 5 heteroatoms. The monoisotopic (exact) mass is 246 g/mol. The third kappa shape index (κ3) is 2.07. The van der Waals surface area contributed by atoms with Crippen molar-refractivity contribution < 1.29 is 0 Å². The molecule has 0 atom stereocenters. The molecule has 3 rings (SSSR count). The lowest BCUT2D eigenvalue weighted by atomic mass is 10.2. The third-order valence-corrected chi connectivity index (χ3v) is 2.38. The molecule has 0 unspecified atom stereocenters. The molecule has 0 fully saturated rings. The summed E-state index contributed by atoms with van der Waals surface area (Å²) < 4.78 is 3.66. The predicted octanol–water partition coefficient (Wildman–Crippen LogP) is 2.48. The van der Waals surface area contributed by atoms with Crippen LogP contribution in [0.25, 0.3) is 11.4 Å². The molecular weight excluding hydrogens is 236 g/mol. The van der Waals surface area contributed by atoms with Gasteiger partial charge < -0.3 is 0 Å². The summed E-state index contributed by atoms with van der Waals surface area (Å²) in [7, 11) is 0. The molecule has 86 valence electrons. The van der Waals surface area contributed by atoms with E-state index in [9.17, 15) is 0 Å². The number of aromatic nitrogens is 4. The first-order valence-electron chi connectivity index (χ1n) is 5.04. The summed E-state index contributed by atoms with van der Waals surface area (Å²) in [5.41, 5.74) is 2.02. The van der Waals surface area contributed by atoms with Gasteiger partial charge in [0.25, 0.3) is 0 Å². The highest BCUT2D eigenvalue weighted by Crippen LogP contribution is 2.16. The van der Waals surface area contributed by atoms with E-state index in [1.807, 2.05) is 58.2 Å². The van der Waals surface area contributed by atoms with Crippen LogP contribution in [0, 0.1) is 0 Å². The summed E-state index contributed by atoms with van der Waals surface area (Å²) in [5.74, 6) is 0. The lowest BCUT2D eigenvalue weighted by molar-refractivity contribution is 0.825. The van der Waals surface area contributed by atoms with Crippen LogP contribution in [0.3, 0.4) is 0 Å². The molecular formula is C12H11ClN4. The number of hydrogen-bond acceptors (Lipinski definition) is 2. The van der Waals surface area contributed by atoms with E-state index in [-0.39, 0.29) is 12.4 Å². The van der Waals surface area contributed by atoms with Crippen molar-refractivity contribution in [3.05, 3.63) is 61.2 Å². The van der Waals surface area contributed by atoms with E-state index < -0.39 is 0 Å². The molecule has 0 saturated heterocycles. The molecule has 17 heavy (non-hydrogen) atoms. The molecule has 3 aromatic rings. The van der Waals surface area contributed by atoms with E-state index in [0.29, 0.717) is 0 Å². The number of para-hydroxylation sites is 2. The van der Waals surface area contributed by atoms with Crippen LogP contribution in [0.5, 0.6) is 0 Å². The van der Waals surface area contributed by atoms with Crippen LogP contribution in [0.4, 0.5) is 0 Å². The molecule has 0 aliphatic heterocycles. The van der Waals surface area contributed by atoms with Crippen molar-refractivity contribution in [1.29, 1.82) is 0 Å². The number of nitrogens with zero attached hydrogens (tertiary/aromatic N) is 4. The van der Waals surface area contributed by atoms with Gasteiger partial charge in [-0.1, -0.05) is 12.1 Å². The van der Waals surface area contributed by atoms with E-state index in [1.54, 1.807) is 12.4 Å². The summed E-state index contributed by atoms with van der Waals surface area (Å²) in [6, 6.07) is 11.8. The Morgan fingerprint density at radius 3 is 1.53 bits per heavy atom. The molecule has 1 aromatic carbocycles. The molecule has 2 heterocycles. The maximum Gasteiger partial charge on any atom is 0.0902 e. The van der Waals surface area contributed by atoms with Gasteiger partial charge in [-0.2, -0.15) is 10.2 Å². The summed E-state index contributed by atoms with van der Waals surface area (Å²) in [6.45, 7) is 0. The van der Waals surface area contributed by atoms with E-state index in [1.165, 1.54) is 0 Å². The standard InChI is InChI=1S/C12H10N4.ClH/c1-2-6-12(16-10-4-8-14-16)11(5-1)15-9-3-7-13-15;/h1-10H;1H. The van der Waals surface area contributed by atoms with Gasteiger partial charge in [0.1, 0.15) is 0 Å². The van der Waals surface area contributed by atoms with Crippen molar-refractivity contribution in [1.82, 2.24) is 19.6 Å². The minimum atomic E-state index is 0. The first-order valence-corrected chi connectivity index (χ1v) is 5.04. The summed E-state index contributed by atoms with van der Waals surface area (Å²) in [4.78, 5) is 0. The number of hydrogen-bond donors (Lipinski definition) is 0. The average molecular weight is 247 g/mol. The fourth-order valence-electron chi connectivity index (χ4n) is 1.67. The zero-order valence-corrected chi connectivity index (χ0v) is 9.79. The van der Waals surface area contributed by atoms with E-state index in [0.717, 1.165) is 11.4 Å². The lowest BCUT2D eigenvalue weighted by Gasteiger charge is -2.08. The minimum absolute atomic E-state index is 0. The van der Waals surface area contributed by atoms with E-state index in [4.69, 9.17) is 0 Å². The van der Waals surface area contributed by atoms with Crippen molar-refractivity contribution >= 4 is 12.4 Å².